The number of hydrogen-bond donors (Lipinski definition) is 0. The van der Waals surface area contributed by atoms with Crippen LogP contribution in [0.4, 0.5) is 0 Å². The van der Waals surface area contributed by atoms with Crippen molar-refractivity contribution in [1.29, 1.82) is 0 Å². The molecule has 0 radical (unpaired) electrons. The Balaban J connectivity index is 1.88. The standard InChI is InChI=1S/C17H22N4O/c1-3-15-14(17(22)20-10-7-13(2)8-11-20)12-19-21(15)16-6-4-5-9-18-16/h4-6,9,12-13H,3,7-8,10-11H2,1-2H3. The first-order valence-electron chi connectivity index (χ1n) is 7.98. The van der Waals surface area contributed by atoms with Gasteiger partial charge in [0.05, 0.1) is 17.5 Å². The van der Waals surface area contributed by atoms with Crippen molar-refractivity contribution >= 4 is 5.91 Å². The molecule has 3 rings (SSSR count). The summed E-state index contributed by atoms with van der Waals surface area (Å²) in [5.41, 5.74) is 1.64. The molecule has 0 N–H and O–H groups in total. The maximum atomic E-state index is 12.8. The Morgan fingerprint density at radius 1 is 1.32 bits per heavy atom. The number of aromatic nitrogens is 3. The number of nitrogens with zero attached hydrogens (tertiary/aromatic N) is 4. The summed E-state index contributed by atoms with van der Waals surface area (Å²) in [4.78, 5) is 19.1. The summed E-state index contributed by atoms with van der Waals surface area (Å²) in [5, 5.41) is 4.39. The second-order valence-corrected chi connectivity index (χ2v) is 5.93. The number of piperidine rings is 1. The van der Waals surface area contributed by atoms with Crippen LogP contribution >= 0.6 is 0 Å². The SMILES string of the molecule is CCc1c(C(=O)N2CCC(C)CC2)cnn1-c1ccccn1. The molecule has 22 heavy (non-hydrogen) atoms. The summed E-state index contributed by atoms with van der Waals surface area (Å²) in [6, 6.07) is 5.71. The molecule has 0 aromatic carbocycles. The zero-order valence-electron chi connectivity index (χ0n) is 13.2. The third kappa shape index (κ3) is 2.75. The zero-order chi connectivity index (χ0) is 15.5. The van der Waals surface area contributed by atoms with Crippen molar-refractivity contribution in [3.05, 3.63) is 41.9 Å². The topological polar surface area (TPSA) is 51.0 Å². The maximum absolute atomic E-state index is 12.8. The molecular formula is C17H22N4O. The van der Waals surface area contributed by atoms with Crippen molar-refractivity contribution < 1.29 is 4.79 Å². The molecule has 3 heterocycles. The summed E-state index contributed by atoms with van der Waals surface area (Å²) in [7, 11) is 0. The van der Waals surface area contributed by atoms with Crippen molar-refractivity contribution in [3.8, 4) is 5.82 Å². The Morgan fingerprint density at radius 3 is 2.73 bits per heavy atom. The number of carbonyl (C=O) groups excluding carboxylic acids is 1. The predicted octanol–water partition coefficient (Wildman–Crippen LogP) is 2.70. The molecule has 5 heteroatoms. The van der Waals surface area contributed by atoms with E-state index in [0.717, 1.165) is 43.9 Å². The van der Waals surface area contributed by atoms with Crippen molar-refractivity contribution in [2.45, 2.75) is 33.1 Å². The first-order chi connectivity index (χ1) is 10.7. The number of pyridine rings is 1. The van der Waals surface area contributed by atoms with Crippen LogP contribution in [-0.2, 0) is 6.42 Å². The van der Waals surface area contributed by atoms with Gasteiger partial charge in [0.15, 0.2) is 5.82 Å². The minimum absolute atomic E-state index is 0.103. The number of rotatable bonds is 3. The largest absolute Gasteiger partial charge is 0.339 e. The second-order valence-electron chi connectivity index (χ2n) is 5.93. The van der Waals surface area contributed by atoms with Crippen LogP contribution in [0.5, 0.6) is 0 Å². The average Bonchev–Trinajstić information content (AvgIpc) is 2.99. The van der Waals surface area contributed by atoms with Crippen LogP contribution in [0.25, 0.3) is 5.82 Å². The molecule has 1 fully saturated rings. The van der Waals surface area contributed by atoms with Crippen molar-refractivity contribution in [2.24, 2.45) is 5.92 Å². The summed E-state index contributed by atoms with van der Waals surface area (Å²) in [6.07, 6.45) is 6.35. The maximum Gasteiger partial charge on any atom is 0.257 e. The first-order valence-corrected chi connectivity index (χ1v) is 7.98. The molecule has 1 saturated heterocycles. The highest BCUT2D eigenvalue weighted by atomic mass is 16.2. The lowest BCUT2D eigenvalue weighted by Crippen LogP contribution is -2.38. The fourth-order valence-electron chi connectivity index (χ4n) is 2.95. The van der Waals surface area contributed by atoms with Crippen molar-refractivity contribution in [3.63, 3.8) is 0 Å². The lowest BCUT2D eigenvalue weighted by molar-refractivity contribution is 0.0696. The Hall–Kier alpha value is -2.17. The molecule has 0 unspecified atom stereocenters. The Kier molecular flexibility index (Phi) is 4.22. The van der Waals surface area contributed by atoms with E-state index in [1.807, 2.05) is 30.0 Å². The number of likely N-dealkylation sites (tertiary alicyclic amines) is 1. The van der Waals surface area contributed by atoms with E-state index in [1.165, 1.54) is 0 Å². The van der Waals surface area contributed by atoms with E-state index in [4.69, 9.17) is 0 Å². The Labute approximate surface area is 131 Å². The highest BCUT2D eigenvalue weighted by Crippen LogP contribution is 2.21. The minimum Gasteiger partial charge on any atom is -0.339 e. The van der Waals surface area contributed by atoms with Gasteiger partial charge in [0.25, 0.3) is 5.91 Å². The lowest BCUT2D eigenvalue weighted by Gasteiger charge is -2.30. The third-order valence-electron chi connectivity index (χ3n) is 4.37. The van der Waals surface area contributed by atoms with E-state index >= 15 is 0 Å². The van der Waals surface area contributed by atoms with Crippen LogP contribution in [0.2, 0.25) is 0 Å². The van der Waals surface area contributed by atoms with Crippen molar-refractivity contribution in [1.82, 2.24) is 19.7 Å². The predicted molar refractivity (Wildman–Crippen MR) is 85.0 cm³/mol. The van der Waals surface area contributed by atoms with Crippen LogP contribution in [0.15, 0.2) is 30.6 Å². The summed E-state index contributed by atoms with van der Waals surface area (Å²) < 4.78 is 1.78. The van der Waals surface area contributed by atoms with Gasteiger partial charge >= 0.3 is 0 Å². The molecule has 116 valence electrons. The van der Waals surface area contributed by atoms with Gasteiger partial charge in [-0.05, 0) is 37.3 Å². The number of hydrogen-bond acceptors (Lipinski definition) is 3. The van der Waals surface area contributed by atoms with E-state index in [2.05, 4.69) is 17.0 Å². The van der Waals surface area contributed by atoms with Gasteiger partial charge in [0.2, 0.25) is 0 Å². The van der Waals surface area contributed by atoms with E-state index in [1.54, 1.807) is 17.1 Å². The van der Waals surface area contributed by atoms with Gasteiger partial charge in [-0.25, -0.2) is 9.67 Å². The van der Waals surface area contributed by atoms with Gasteiger partial charge in [0.1, 0.15) is 0 Å². The van der Waals surface area contributed by atoms with E-state index in [0.29, 0.717) is 11.5 Å². The number of carbonyl (C=O) groups is 1. The molecule has 0 aliphatic carbocycles. The highest BCUT2D eigenvalue weighted by molar-refractivity contribution is 5.95. The summed E-state index contributed by atoms with van der Waals surface area (Å²) >= 11 is 0. The van der Waals surface area contributed by atoms with Gasteiger partial charge in [-0.2, -0.15) is 5.10 Å². The summed E-state index contributed by atoms with van der Waals surface area (Å²) in [6.45, 7) is 5.99. The Morgan fingerprint density at radius 2 is 2.09 bits per heavy atom. The zero-order valence-corrected chi connectivity index (χ0v) is 13.2. The molecule has 0 atom stereocenters. The van der Waals surface area contributed by atoms with E-state index in [-0.39, 0.29) is 5.91 Å². The monoisotopic (exact) mass is 298 g/mol. The quantitative estimate of drug-likeness (QED) is 0.875. The number of amides is 1. The molecular weight excluding hydrogens is 276 g/mol. The summed E-state index contributed by atoms with van der Waals surface area (Å²) in [5.74, 6) is 1.57. The van der Waals surface area contributed by atoms with Crippen LogP contribution in [0, 0.1) is 5.92 Å². The van der Waals surface area contributed by atoms with Gasteiger partial charge in [-0.3, -0.25) is 4.79 Å². The first kappa shape index (κ1) is 14.8. The third-order valence-corrected chi connectivity index (χ3v) is 4.37. The normalized spacial score (nSPS) is 16.0. The van der Waals surface area contributed by atoms with Gasteiger partial charge < -0.3 is 4.90 Å². The lowest BCUT2D eigenvalue weighted by atomic mass is 9.98. The van der Waals surface area contributed by atoms with Crippen LogP contribution in [0.3, 0.4) is 0 Å². The molecule has 2 aromatic rings. The fourth-order valence-corrected chi connectivity index (χ4v) is 2.95. The van der Waals surface area contributed by atoms with Gasteiger partial charge in [0, 0.05) is 19.3 Å². The average molecular weight is 298 g/mol. The molecule has 0 saturated carbocycles. The van der Waals surface area contributed by atoms with Gasteiger partial charge in [-0.15, -0.1) is 0 Å². The minimum atomic E-state index is 0.103. The van der Waals surface area contributed by atoms with Crippen LogP contribution in [-0.4, -0.2) is 38.7 Å². The molecule has 0 bridgehead atoms. The Bertz CT molecular complexity index is 642. The smallest absolute Gasteiger partial charge is 0.257 e. The second kappa shape index (κ2) is 6.30. The molecule has 2 aromatic heterocycles. The van der Waals surface area contributed by atoms with Crippen LogP contribution in [0.1, 0.15) is 42.7 Å². The molecule has 1 aliphatic rings. The molecule has 1 amide bonds. The fraction of sp³-hybridized carbons (Fsp3) is 0.471. The molecule has 1 aliphatic heterocycles. The van der Waals surface area contributed by atoms with E-state index < -0.39 is 0 Å². The van der Waals surface area contributed by atoms with E-state index in [9.17, 15) is 4.79 Å². The van der Waals surface area contributed by atoms with Gasteiger partial charge in [-0.1, -0.05) is 19.9 Å². The van der Waals surface area contributed by atoms with Crippen molar-refractivity contribution in [2.75, 3.05) is 13.1 Å². The molecule has 0 spiro atoms. The molecule has 5 nitrogen and oxygen atoms in total. The van der Waals surface area contributed by atoms with Crippen LogP contribution < -0.4 is 0 Å². The highest BCUT2D eigenvalue weighted by Gasteiger charge is 2.25.